The summed E-state index contributed by atoms with van der Waals surface area (Å²) >= 11 is 0. The van der Waals surface area contributed by atoms with E-state index in [1.165, 1.54) is 13.2 Å². The van der Waals surface area contributed by atoms with E-state index >= 15 is 0 Å². The molecular formula is C15H16N2O2. The lowest BCUT2D eigenvalue weighted by atomic mass is 10.0. The van der Waals surface area contributed by atoms with Crippen molar-refractivity contribution in [1.29, 1.82) is 0 Å². The first-order valence-electron chi connectivity index (χ1n) is 5.96. The fourth-order valence-electron chi connectivity index (χ4n) is 1.81. The summed E-state index contributed by atoms with van der Waals surface area (Å²) in [7, 11) is 3.26. The lowest BCUT2D eigenvalue weighted by Gasteiger charge is -2.03. The quantitative estimate of drug-likeness (QED) is 0.626. The summed E-state index contributed by atoms with van der Waals surface area (Å²) in [4.78, 5) is 11.2. The van der Waals surface area contributed by atoms with Crippen molar-refractivity contribution in [2.45, 2.75) is 6.92 Å². The number of ether oxygens (including phenoxy) is 1. The molecule has 0 radical (unpaired) electrons. The third kappa shape index (κ3) is 3.10. The van der Waals surface area contributed by atoms with Crippen LogP contribution < -0.4 is 0 Å². The second-order valence-corrected chi connectivity index (χ2v) is 4.33. The Labute approximate surface area is 112 Å². The highest BCUT2D eigenvalue weighted by atomic mass is 16.5. The number of carbonyl (C=O) groups excluding carboxylic acids is 1. The average molecular weight is 256 g/mol. The number of esters is 1. The van der Waals surface area contributed by atoms with Crippen LogP contribution in [-0.4, -0.2) is 22.9 Å². The molecule has 0 aliphatic carbocycles. The molecule has 0 spiro atoms. The number of hydrogen-bond donors (Lipinski definition) is 0. The molecule has 0 aliphatic rings. The largest absolute Gasteiger partial charge is 0.466 e. The Balaban J connectivity index is 2.23. The molecule has 4 heteroatoms. The molecule has 0 fully saturated rings. The van der Waals surface area contributed by atoms with Crippen molar-refractivity contribution in [3.05, 3.63) is 48.3 Å². The fraction of sp³-hybridized carbons (Fsp3) is 0.200. The number of rotatable bonds is 3. The number of hydrogen-bond acceptors (Lipinski definition) is 3. The Morgan fingerprint density at radius 3 is 2.47 bits per heavy atom. The number of benzene rings is 1. The van der Waals surface area contributed by atoms with Crippen LogP contribution in [0.4, 0.5) is 0 Å². The van der Waals surface area contributed by atoms with Gasteiger partial charge in [0.25, 0.3) is 0 Å². The van der Waals surface area contributed by atoms with Gasteiger partial charge in [0, 0.05) is 24.9 Å². The SMILES string of the molecule is COC(=O)/C=C(\C)c1ccc(-c2cnn(C)c2)cc1. The number of methoxy groups -OCH3 is 1. The Hall–Kier alpha value is -2.36. The van der Waals surface area contributed by atoms with E-state index in [1.54, 1.807) is 4.68 Å². The predicted molar refractivity (Wildman–Crippen MR) is 74.3 cm³/mol. The monoisotopic (exact) mass is 256 g/mol. The van der Waals surface area contributed by atoms with Crippen LogP contribution in [0.1, 0.15) is 12.5 Å². The van der Waals surface area contributed by atoms with E-state index in [9.17, 15) is 4.79 Å². The summed E-state index contributed by atoms with van der Waals surface area (Å²) in [5.74, 6) is -0.339. The number of aromatic nitrogens is 2. The maximum atomic E-state index is 11.2. The van der Waals surface area contributed by atoms with Crippen LogP contribution in [-0.2, 0) is 16.6 Å². The number of aryl methyl sites for hydroxylation is 1. The molecule has 0 aliphatic heterocycles. The van der Waals surface area contributed by atoms with Crippen molar-refractivity contribution in [2.24, 2.45) is 7.05 Å². The molecule has 0 atom stereocenters. The van der Waals surface area contributed by atoms with Gasteiger partial charge in [0.05, 0.1) is 13.3 Å². The molecule has 1 aromatic heterocycles. The molecule has 0 saturated heterocycles. The van der Waals surface area contributed by atoms with Crippen LogP contribution in [0.15, 0.2) is 42.7 Å². The predicted octanol–water partition coefficient (Wildman–Crippen LogP) is 2.66. The van der Waals surface area contributed by atoms with Crippen LogP contribution in [0.25, 0.3) is 16.7 Å². The first-order valence-corrected chi connectivity index (χ1v) is 5.96. The van der Waals surface area contributed by atoms with E-state index in [1.807, 2.05) is 50.6 Å². The Morgan fingerprint density at radius 1 is 1.26 bits per heavy atom. The Bertz CT molecular complexity index is 609. The molecule has 0 amide bonds. The van der Waals surface area contributed by atoms with Crippen molar-refractivity contribution in [3.63, 3.8) is 0 Å². The molecule has 98 valence electrons. The number of allylic oxidation sites excluding steroid dienone is 1. The Kier molecular flexibility index (Phi) is 3.80. The molecule has 1 aromatic carbocycles. The summed E-state index contributed by atoms with van der Waals surface area (Å²) in [5.41, 5.74) is 4.05. The summed E-state index contributed by atoms with van der Waals surface area (Å²) < 4.78 is 6.38. The van der Waals surface area contributed by atoms with E-state index in [0.717, 1.165) is 22.3 Å². The van der Waals surface area contributed by atoms with Crippen LogP contribution in [0, 0.1) is 0 Å². The molecule has 2 aromatic rings. The minimum Gasteiger partial charge on any atom is -0.466 e. The molecule has 0 N–H and O–H groups in total. The second-order valence-electron chi connectivity index (χ2n) is 4.33. The highest BCUT2D eigenvalue weighted by molar-refractivity contribution is 5.90. The smallest absolute Gasteiger partial charge is 0.330 e. The minimum atomic E-state index is -0.339. The first-order chi connectivity index (χ1) is 9.10. The molecule has 2 rings (SSSR count). The van der Waals surface area contributed by atoms with Gasteiger partial charge in [-0.2, -0.15) is 5.10 Å². The van der Waals surface area contributed by atoms with Gasteiger partial charge in [-0.3, -0.25) is 4.68 Å². The highest BCUT2D eigenvalue weighted by Gasteiger charge is 2.03. The van der Waals surface area contributed by atoms with Crippen LogP contribution >= 0.6 is 0 Å². The molecule has 4 nitrogen and oxygen atoms in total. The maximum absolute atomic E-state index is 11.2. The third-order valence-electron chi connectivity index (χ3n) is 2.91. The Morgan fingerprint density at radius 2 is 1.95 bits per heavy atom. The zero-order chi connectivity index (χ0) is 13.8. The van der Waals surface area contributed by atoms with Gasteiger partial charge in [-0.15, -0.1) is 0 Å². The molecular weight excluding hydrogens is 240 g/mol. The van der Waals surface area contributed by atoms with Gasteiger partial charge in [-0.1, -0.05) is 24.3 Å². The summed E-state index contributed by atoms with van der Waals surface area (Å²) in [5, 5.41) is 4.15. The van der Waals surface area contributed by atoms with Gasteiger partial charge in [0.15, 0.2) is 0 Å². The van der Waals surface area contributed by atoms with Gasteiger partial charge in [-0.05, 0) is 23.6 Å². The van der Waals surface area contributed by atoms with Gasteiger partial charge in [0.2, 0.25) is 0 Å². The topological polar surface area (TPSA) is 44.1 Å². The van der Waals surface area contributed by atoms with Crippen LogP contribution in [0.5, 0.6) is 0 Å². The van der Waals surface area contributed by atoms with Gasteiger partial charge >= 0.3 is 5.97 Å². The highest BCUT2D eigenvalue weighted by Crippen LogP contribution is 2.21. The van der Waals surface area contributed by atoms with E-state index in [0.29, 0.717) is 0 Å². The fourth-order valence-corrected chi connectivity index (χ4v) is 1.81. The van der Waals surface area contributed by atoms with Crippen molar-refractivity contribution < 1.29 is 9.53 Å². The summed E-state index contributed by atoms with van der Waals surface area (Å²) in [6, 6.07) is 8.00. The van der Waals surface area contributed by atoms with Gasteiger partial charge < -0.3 is 4.74 Å². The average Bonchev–Trinajstić information content (AvgIpc) is 2.85. The van der Waals surface area contributed by atoms with Crippen molar-refractivity contribution in [3.8, 4) is 11.1 Å². The second kappa shape index (κ2) is 5.52. The maximum Gasteiger partial charge on any atom is 0.330 e. The molecule has 0 bridgehead atoms. The van der Waals surface area contributed by atoms with E-state index in [-0.39, 0.29) is 5.97 Å². The van der Waals surface area contributed by atoms with E-state index < -0.39 is 0 Å². The minimum absolute atomic E-state index is 0.339. The van der Waals surface area contributed by atoms with Crippen molar-refractivity contribution in [2.75, 3.05) is 7.11 Å². The number of carbonyl (C=O) groups is 1. The van der Waals surface area contributed by atoms with Crippen molar-refractivity contribution in [1.82, 2.24) is 9.78 Å². The summed E-state index contributed by atoms with van der Waals surface area (Å²) in [6.07, 6.45) is 5.28. The standard InChI is InChI=1S/C15H16N2O2/c1-11(8-15(18)19-3)12-4-6-13(7-5-12)14-9-16-17(2)10-14/h4-10H,1-3H3/b11-8+. The number of nitrogens with zero attached hydrogens (tertiary/aromatic N) is 2. The molecule has 0 unspecified atom stereocenters. The normalized spacial score (nSPS) is 11.4. The summed E-state index contributed by atoms with van der Waals surface area (Å²) in [6.45, 7) is 1.88. The van der Waals surface area contributed by atoms with Gasteiger partial charge in [-0.25, -0.2) is 4.79 Å². The van der Waals surface area contributed by atoms with Crippen LogP contribution in [0.3, 0.4) is 0 Å². The first kappa shape index (κ1) is 13.1. The van der Waals surface area contributed by atoms with Gasteiger partial charge in [0.1, 0.15) is 0 Å². The molecule has 19 heavy (non-hydrogen) atoms. The third-order valence-corrected chi connectivity index (χ3v) is 2.91. The van der Waals surface area contributed by atoms with Crippen LogP contribution in [0.2, 0.25) is 0 Å². The van der Waals surface area contributed by atoms with Crippen molar-refractivity contribution >= 4 is 11.5 Å². The lowest BCUT2D eigenvalue weighted by Crippen LogP contribution is -1.95. The molecule has 1 heterocycles. The van der Waals surface area contributed by atoms with E-state index in [4.69, 9.17) is 0 Å². The zero-order valence-corrected chi connectivity index (χ0v) is 11.3. The zero-order valence-electron chi connectivity index (χ0n) is 11.3. The van der Waals surface area contributed by atoms with E-state index in [2.05, 4.69) is 9.84 Å². The molecule has 0 saturated carbocycles. The lowest BCUT2D eigenvalue weighted by molar-refractivity contribution is -0.134.